The third-order valence-electron chi connectivity index (χ3n) is 3.00. The minimum absolute atomic E-state index is 0.0471. The van der Waals surface area contributed by atoms with Gasteiger partial charge in [0.15, 0.2) is 0 Å². The quantitative estimate of drug-likeness (QED) is 0.730. The van der Waals surface area contributed by atoms with Gasteiger partial charge in [0.1, 0.15) is 0 Å². The number of carbonyl (C=O) groups excluding carboxylic acids is 1. The number of alkyl halides is 3. The van der Waals surface area contributed by atoms with Crippen molar-refractivity contribution in [2.24, 2.45) is 0 Å². The Hall–Kier alpha value is -3.43. The molecule has 0 bridgehead atoms. The van der Waals surface area contributed by atoms with E-state index in [9.17, 15) is 22.8 Å². The number of nitrogens with zero attached hydrogens (tertiary/aromatic N) is 1. The van der Waals surface area contributed by atoms with Crippen molar-refractivity contribution in [3.05, 3.63) is 59.9 Å². The van der Waals surface area contributed by atoms with Crippen LogP contribution in [0.4, 0.5) is 18.9 Å². The van der Waals surface area contributed by atoms with Crippen molar-refractivity contribution < 1.29 is 37.8 Å². The first-order chi connectivity index (χ1) is 12.6. The number of hydrogen-bond donors (Lipinski definition) is 3. The molecule has 0 aliphatic rings. The largest absolute Gasteiger partial charge is 0.490 e. The van der Waals surface area contributed by atoms with E-state index in [1.807, 2.05) is 30.3 Å². The van der Waals surface area contributed by atoms with Crippen LogP contribution in [0.25, 0.3) is 0 Å². The van der Waals surface area contributed by atoms with Crippen molar-refractivity contribution in [1.82, 2.24) is 4.98 Å². The number of hydrogen-bond acceptors (Lipinski definition) is 4. The number of nitrogens with one attached hydrogen (secondary N) is 1. The molecule has 0 aliphatic carbocycles. The zero-order valence-electron chi connectivity index (χ0n) is 13.7. The summed E-state index contributed by atoms with van der Waals surface area (Å²) < 4.78 is 31.7. The van der Waals surface area contributed by atoms with Crippen LogP contribution in [0.3, 0.4) is 0 Å². The van der Waals surface area contributed by atoms with Gasteiger partial charge in [0, 0.05) is 12.6 Å². The topological polar surface area (TPSA) is 117 Å². The van der Waals surface area contributed by atoms with E-state index in [0.717, 1.165) is 5.56 Å². The fourth-order valence-electron chi connectivity index (χ4n) is 1.75. The molecule has 27 heavy (non-hydrogen) atoms. The molecule has 10 heteroatoms. The average Bonchev–Trinajstić information content (AvgIpc) is 2.61. The molecule has 0 saturated carbocycles. The van der Waals surface area contributed by atoms with Crippen LogP contribution >= 0.6 is 0 Å². The number of aromatic carboxylic acids is 1. The number of pyridine rings is 1. The number of halogens is 3. The summed E-state index contributed by atoms with van der Waals surface area (Å²) in [6, 6.07) is 11.1. The Morgan fingerprint density at radius 3 is 2.15 bits per heavy atom. The molecular weight excluding hydrogens is 369 g/mol. The van der Waals surface area contributed by atoms with Gasteiger partial charge in [0.05, 0.1) is 17.4 Å². The van der Waals surface area contributed by atoms with Crippen LogP contribution in [0.15, 0.2) is 48.8 Å². The maximum absolute atomic E-state index is 11.8. The smallest absolute Gasteiger partial charge is 0.478 e. The highest BCUT2D eigenvalue weighted by Gasteiger charge is 2.38. The lowest BCUT2D eigenvalue weighted by atomic mass is 10.1. The molecule has 0 saturated heterocycles. The molecule has 2 rings (SSSR count). The number of rotatable bonds is 5. The summed E-state index contributed by atoms with van der Waals surface area (Å²) in [7, 11) is 0. The first-order valence-corrected chi connectivity index (χ1v) is 7.42. The highest BCUT2D eigenvalue weighted by atomic mass is 19.4. The van der Waals surface area contributed by atoms with Crippen LogP contribution in [0.2, 0.25) is 0 Å². The van der Waals surface area contributed by atoms with E-state index in [4.69, 9.17) is 15.0 Å². The normalized spacial score (nSPS) is 10.3. The number of aliphatic carboxylic acids is 1. The predicted octanol–water partition coefficient (Wildman–Crippen LogP) is 2.98. The van der Waals surface area contributed by atoms with Gasteiger partial charge < -0.3 is 15.5 Å². The van der Waals surface area contributed by atoms with Crippen molar-refractivity contribution in [3.8, 4) is 0 Å². The summed E-state index contributed by atoms with van der Waals surface area (Å²) in [5.74, 6) is -4.00. The predicted molar refractivity (Wildman–Crippen MR) is 88.3 cm³/mol. The van der Waals surface area contributed by atoms with Crippen LogP contribution in [-0.4, -0.2) is 39.2 Å². The third-order valence-corrected chi connectivity index (χ3v) is 3.00. The van der Waals surface area contributed by atoms with Crippen molar-refractivity contribution in [2.75, 3.05) is 5.32 Å². The van der Waals surface area contributed by atoms with Gasteiger partial charge in [-0.1, -0.05) is 30.3 Å². The van der Waals surface area contributed by atoms with Gasteiger partial charge >= 0.3 is 18.1 Å². The van der Waals surface area contributed by atoms with Crippen LogP contribution in [-0.2, 0) is 16.0 Å². The first kappa shape index (κ1) is 21.6. The number of benzene rings is 1. The highest BCUT2D eigenvalue weighted by molar-refractivity contribution is 5.93. The Labute approximate surface area is 151 Å². The summed E-state index contributed by atoms with van der Waals surface area (Å²) in [6.07, 6.45) is -1.45. The Morgan fingerprint density at radius 2 is 1.63 bits per heavy atom. The molecule has 0 atom stereocenters. The lowest BCUT2D eigenvalue weighted by Gasteiger charge is -2.05. The number of carboxylic acid groups (broad SMARTS) is 2. The maximum atomic E-state index is 11.8. The molecule has 0 unspecified atom stereocenters. The lowest BCUT2D eigenvalue weighted by Crippen LogP contribution is -2.21. The number of carboxylic acids is 2. The second-order valence-electron chi connectivity index (χ2n) is 5.10. The number of amides is 1. The molecule has 0 spiro atoms. The molecule has 7 nitrogen and oxygen atoms in total. The molecule has 1 aromatic heterocycles. The fourth-order valence-corrected chi connectivity index (χ4v) is 1.75. The summed E-state index contributed by atoms with van der Waals surface area (Å²) in [4.78, 5) is 35.3. The summed E-state index contributed by atoms with van der Waals surface area (Å²) in [6.45, 7) is 0. The van der Waals surface area contributed by atoms with Crippen molar-refractivity contribution in [3.63, 3.8) is 0 Å². The molecule has 0 radical (unpaired) electrons. The number of aromatic nitrogens is 1. The van der Waals surface area contributed by atoms with Gasteiger partial charge in [0.2, 0.25) is 5.91 Å². The number of carbonyl (C=O) groups is 3. The molecule has 1 aromatic carbocycles. The van der Waals surface area contributed by atoms with Crippen molar-refractivity contribution in [1.29, 1.82) is 0 Å². The van der Waals surface area contributed by atoms with Gasteiger partial charge in [-0.15, -0.1) is 0 Å². The lowest BCUT2D eigenvalue weighted by molar-refractivity contribution is -0.192. The molecule has 1 heterocycles. The standard InChI is InChI=1S/C15H14N2O3.C2HF3O2/c18-14(7-6-11-4-2-1-3-5-11)17-13-8-12(15(19)20)9-16-10-13;3-2(4,5)1(6)7/h1-5,8-10H,6-7H2,(H,17,18)(H,19,20);(H,6,7). The first-order valence-electron chi connectivity index (χ1n) is 7.42. The minimum Gasteiger partial charge on any atom is -0.478 e. The second kappa shape index (κ2) is 9.90. The van der Waals surface area contributed by atoms with Crippen LogP contribution in [0, 0.1) is 0 Å². The molecule has 2 aromatic rings. The highest BCUT2D eigenvalue weighted by Crippen LogP contribution is 2.13. The molecular formula is C17H15F3N2O5. The monoisotopic (exact) mass is 384 g/mol. The van der Waals surface area contributed by atoms with E-state index < -0.39 is 18.1 Å². The van der Waals surface area contributed by atoms with E-state index in [0.29, 0.717) is 18.5 Å². The van der Waals surface area contributed by atoms with Crippen LogP contribution in [0.1, 0.15) is 22.3 Å². The third kappa shape index (κ3) is 8.47. The fraction of sp³-hybridized carbons (Fsp3) is 0.176. The van der Waals surface area contributed by atoms with E-state index in [-0.39, 0.29) is 11.5 Å². The molecule has 144 valence electrons. The summed E-state index contributed by atoms with van der Waals surface area (Å²) in [5.41, 5.74) is 1.52. The Bertz CT molecular complexity index is 795. The molecule has 0 fully saturated rings. The van der Waals surface area contributed by atoms with Crippen molar-refractivity contribution >= 4 is 23.5 Å². The number of anilines is 1. The molecule has 1 amide bonds. The summed E-state index contributed by atoms with van der Waals surface area (Å²) >= 11 is 0. The zero-order chi connectivity index (χ0) is 20.4. The zero-order valence-corrected chi connectivity index (χ0v) is 13.7. The number of aryl methyl sites for hydroxylation is 1. The Balaban J connectivity index is 0.000000445. The average molecular weight is 384 g/mol. The van der Waals surface area contributed by atoms with Gasteiger partial charge in [-0.3, -0.25) is 9.78 Å². The van der Waals surface area contributed by atoms with E-state index in [1.165, 1.54) is 18.5 Å². The Kier molecular flexibility index (Phi) is 7.92. The molecule has 3 N–H and O–H groups in total. The van der Waals surface area contributed by atoms with E-state index >= 15 is 0 Å². The van der Waals surface area contributed by atoms with Gasteiger partial charge in [-0.05, 0) is 18.1 Å². The minimum atomic E-state index is -5.08. The van der Waals surface area contributed by atoms with Gasteiger partial charge in [-0.25, -0.2) is 9.59 Å². The van der Waals surface area contributed by atoms with Crippen molar-refractivity contribution in [2.45, 2.75) is 19.0 Å². The molecule has 0 aliphatic heterocycles. The second-order valence-corrected chi connectivity index (χ2v) is 5.10. The van der Waals surface area contributed by atoms with Crippen LogP contribution < -0.4 is 5.32 Å². The SMILES string of the molecule is O=C(CCc1ccccc1)Nc1cncc(C(=O)O)c1.O=C(O)C(F)(F)F. The Morgan fingerprint density at radius 1 is 1.04 bits per heavy atom. The van der Waals surface area contributed by atoms with Gasteiger partial charge in [0.25, 0.3) is 0 Å². The van der Waals surface area contributed by atoms with Crippen LogP contribution in [0.5, 0.6) is 0 Å². The maximum Gasteiger partial charge on any atom is 0.490 e. The van der Waals surface area contributed by atoms with E-state index in [1.54, 1.807) is 0 Å². The van der Waals surface area contributed by atoms with Gasteiger partial charge in [-0.2, -0.15) is 13.2 Å². The summed E-state index contributed by atoms with van der Waals surface area (Å²) in [5, 5.41) is 18.6. The van der Waals surface area contributed by atoms with E-state index in [2.05, 4.69) is 10.3 Å².